The van der Waals surface area contributed by atoms with Crippen molar-refractivity contribution >= 4 is 62.1 Å². The summed E-state index contributed by atoms with van der Waals surface area (Å²) < 4.78 is 44.2. The number of rotatable bonds is 8. The molecule has 4 rings (SSSR count). The molecule has 1 aromatic carbocycles. The van der Waals surface area contributed by atoms with Gasteiger partial charge in [0.05, 0.1) is 19.9 Å². The topological polar surface area (TPSA) is 102 Å². The molecule has 1 atom stereocenters. The monoisotopic (exact) mass is 591 g/mol. The molecule has 0 bridgehead atoms. The van der Waals surface area contributed by atoms with Crippen LogP contribution >= 0.6 is 34.5 Å². The van der Waals surface area contributed by atoms with Crippen LogP contribution in [0.3, 0.4) is 0 Å². The number of halogens is 3. The van der Waals surface area contributed by atoms with E-state index in [0.717, 1.165) is 30.2 Å². The zero-order valence-corrected chi connectivity index (χ0v) is 23.3. The van der Waals surface area contributed by atoms with Crippen molar-refractivity contribution in [3.05, 3.63) is 44.3 Å². The molecule has 2 amide bonds. The maximum atomic E-state index is 14.5. The molecule has 1 aromatic heterocycles. The zero-order chi connectivity index (χ0) is 26.7. The van der Waals surface area contributed by atoms with Crippen LogP contribution in [0.1, 0.15) is 22.5 Å². The van der Waals surface area contributed by atoms with Gasteiger partial charge in [-0.1, -0.05) is 23.2 Å². The molecule has 2 N–H and O–H groups in total. The smallest absolute Gasteiger partial charge is 0.261 e. The largest absolute Gasteiger partial charge is 0.370 e. The van der Waals surface area contributed by atoms with E-state index in [4.69, 9.17) is 23.2 Å². The van der Waals surface area contributed by atoms with E-state index in [0.29, 0.717) is 54.2 Å². The average molecular weight is 593 g/mol. The number of nitrogens with zero attached hydrogens (tertiary/aromatic N) is 3. The second-order valence-electron chi connectivity index (χ2n) is 9.05. The van der Waals surface area contributed by atoms with Crippen LogP contribution in [0.5, 0.6) is 0 Å². The Labute approximate surface area is 229 Å². The Bertz CT molecular complexity index is 1260. The molecule has 202 valence electrons. The molecular formula is C23H28Cl2FN5O4S2. The number of amides is 2. The molecule has 3 heterocycles. The van der Waals surface area contributed by atoms with Gasteiger partial charge in [0, 0.05) is 45.8 Å². The number of carbonyl (C=O) groups is 2. The first-order valence-corrected chi connectivity index (χ1v) is 14.9. The fourth-order valence-electron chi connectivity index (χ4n) is 4.33. The van der Waals surface area contributed by atoms with Gasteiger partial charge in [-0.2, -0.15) is 4.72 Å². The maximum Gasteiger partial charge on any atom is 0.261 e. The van der Waals surface area contributed by atoms with Crippen molar-refractivity contribution < 1.29 is 22.4 Å². The molecule has 0 unspecified atom stereocenters. The van der Waals surface area contributed by atoms with Crippen molar-refractivity contribution in [2.45, 2.75) is 23.8 Å². The Hall–Kier alpha value is -1.96. The van der Waals surface area contributed by atoms with E-state index in [1.54, 1.807) is 11.0 Å². The van der Waals surface area contributed by atoms with Crippen LogP contribution in [0.2, 0.25) is 9.36 Å². The second kappa shape index (κ2) is 11.8. The normalized spacial score (nSPS) is 17.7. The van der Waals surface area contributed by atoms with Crippen LogP contribution in [0, 0.1) is 5.82 Å². The lowest BCUT2D eigenvalue weighted by atomic mass is 10.2. The molecule has 0 radical (unpaired) electrons. The summed E-state index contributed by atoms with van der Waals surface area (Å²) in [5.41, 5.74) is 0.296. The highest BCUT2D eigenvalue weighted by Crippen LogP contribution is 2.35. The summed E-state index contributed by atoms with van der Waals surface area (Å²) in [4.78, 5) is 31.3. The lowest BCUT2D eigenvalue weighted by molar-refractivity contribution is -0.134. The van der Waals surface area contributed by atoms with Crippen LogP contribution in [-0.4, -0.2) is 88.9 Å². The molecule has 0 aliphatic carbocycles. The van der Waals surface area contributed by atoms with Crippen molar-refractivity contribution in [2.75, 3.05) is 57.8 Å². The third kappa shape index (κ3) is 6.73. The van der Waals surface area contributed by atoms with Crippen LogP contribution in [0.25, 0.3) is 0 Å². The van der Waals surface area contributed by atoms with Crippen molar-refractivity contribution in [2.24, 2.45) is 0 Å². The molecule has 2 fully saturated rings. The van der Waals surface area contributed by atoms with Crippen molar-refractivity contribution in [3.8, 4) is 0 Å². The van der Waals surface area contributed by atoms with E-state index in [-0.39, 0.29) is 11.6 Å². The highest BCUT2D eigenvalue weighted by Gasteiger charge is 2.33. The van der Waals surface area contributed by atoms with Gasteiger partial charge in [-0.15, -0.1) is 11.3 Å². The first-order valence-electron chi connectivity index (χ1n) is 11.8. The zero-order valence-electron chi connectivity index (χ0n) is 20.2. The molecule has 9 nitrogen and oxygen atoms in total. The van der Waals surface area contributed by atoms with Crippen LogP contribution < -0.4 is 14.9 Å². The SMILES string of the molecule is CN1CCN(C(=O)[C@H](CNC(=O)c2ccc(Cl)s2)NS(=O)(=O)c2cc(F)cc(N3CCCC3)c2Cl)CC1. The van der Waals surface area contributed by atoms with Gasteiger partial charge in [0.25, 0.3) is 5.91 Å². The third-order valence-corrected chi connectivity index (χ3v) is 9.63. The Kier molecular flexibility index (Phi) is 8.97. The summed E-state index contributed by atoms with van der Waals surface area (Å²) in [6.07, 6.45) is 1.79. The molecule has 0 saturated carbocycles. The van der Waals surface area contributed by atoms with Gasteiger partial charge in [0.2, 0.25) is 15.9 Å². The summed E-state index contributed by atoms with van der Waals surface area (Å²) >= 11 is 13.4. The number of thiophene rings is 1. The summed E-state index contributed by atoms with van der Waals surface area (Å²) in [7, 11) is -2.52. The van der Waals surface area contributed by atoms with E-state index in [9.17, 15) is 22.4 Å². The number of hydrogen-bond acceptors (Lipinski definition) is 7. The molecular weight excluding hydrogens is 564 g/mol. The Morgan fingerprint density at radius 2 is 1.76 bits per heavy atom. The Morgan fingerprint density at radius 3 is 2.38 bits per heavy atom. The first kappa shape index (κ1) is 28.1. The van der Waals surface area contributed by atoms with Gasteiger partial charge >= 0.3 is 0 Å². The molecule has 0 spiro atoms. The number of anilines is 1. The molecule has 2 saturated heterocycles. The predicted molar refractivity (Wildman–Crippen MR) is 143 cm³/mol. The summed E-state index contributed by atoms with van der Waals surface area (Å²) in [5, 5.41) is 2.50. The van der Waals surface area contributed by atoms with Crippen molar-refractivity contribution in [3.63, 3.8) is 0 Å². The van der Waals surface area contributed by atoms with Crippen molar-refractivity contribution in [1.82, 2.24) is 19.8 Å². The van der Waals surface area contributed by atoms with Gasteiger partial charge < -0.3 is 20.0 Å². The van der Waals surface area contributed by atoms with Gasteiger partial charge in [-0.05, 0) is 44.2 Å². The molecule has 2 aliphatic heterocycles. The number of likely N-dealkylation sites (N-methyl/N-ethyl adjacent to an activating group) is 1. The first-order chi connectivity index (χ1) is 17.5. The Balaban J connectivity index is 1.59. The van der Waals surface area contributed by atoms with Gasteiger partial charge in [-0.3, -0.25) is 9.59 Å². The van der Waals surface area contributed by atoms with Crippen LogP contribution in [0.4, 0.5) is 10.1 Å². The number of benzene rings is 1. The standard InChI is InChI=1S/C23H28Cl2FN5O4S2/c1-29-8-10-31(11-9-29)23(33)16(14-27-22(32)18-4-5-20(24)36-18)28-37(34,35)19-13-15(26)12-17(21(19)25)30-6-2-3-7-30/h4-5,12-13,16,28H,2-3,6-11,14H2,1H3,(H,27,32)/t16-/m0/s1. The number of hydrogen-bond donors (Lipinski definition) is 2. The Morgan fingerprint density at radius 1 is 1.08 bits per heavy atom. The highest BCUT2D eigenvalue weighted by molar-refractivity contribution is 7.89. The number of piperazine rings is 1. The predicted octanol–water partition coefficient (Wildman–Crippen LogP) is 2.65. The molecule has 37 heavy (non-hydrogen) atoms. The van der Waals surface area contributed by atoms with Crippen molar-refractivity contribution in [1.29, 1.82) is 0 Å². The number of nitrogens with one attached hydrogen (secondary N) is 2. The second-order valence-corrected chi connectivity index (χ2v) is 12.8. The third-order valence-electron chi connectivity index (χ3n) is 6.40. The minimum absolute atomic E-state index is 0.112. The van der Waals surface area contributed by atoms with E-state index >= 15 is 0 Å². The van der Waals surface area contributed by atoms with Crippen LogP contribution in [0.15, 0.2) is 29.2 Å². The average Bonchev–Trinajstić information content (AvgIpc) is 3.55. The molecule has 2 aromatic rings. The summed E-state index contributed by atoms with van der Waals surface area (Å²) in [5.74, 6) is -1.74. The van der Waals surface area contributed by atoms with Gasteiger partial charge in [0.1, 0.15) is 16.8 Å². The quantitative estimate of drug-likeness (QED) is 0.489. The highest BCUT2D eigenvalue weighted by atomic mass is 35.5. The fraction of sp³-hybridized carbons (Fsp3) is 0.478. The lowest BCUT2D eigenvalue weighted by Gasteiger charge is -2.34. The molecule has 2 aliphatic rings. The number of carbonyl (C=O) groups excluding carboxylic acids is 2. The van der Waals surface area contributed by atoms with Gasteiger partial charge in [-0.25, -0.2) is 12.8 Å². The fourth-order valence-corrected chi connectivity index (χ4v) is 7.12. The lowest BCUT2D eigenvalue weighted by Crippen LogP contribution is -2.57. The van der Waals surface area contributed by atoms with E-state index < -0.39 is 38.6 Å². The van der Waals surface area contributed by atoms with Gasteiger partial charge in [0.15, 0.2) is 0 Å². The number of sulfonamides is 1. The van der Waals surface area contributed by atoms with Crippen LogP contribution in [-0.2, 0) is 14.8 Å². The van der Waals surface area contributed by atoms with E-state index in [1.165, 1.54) is 12.1 Å². The molecule has 14 heteroatoms. The van der Waals surface area contributed by atoms with E-state index in [2.05, 4.69) is 14.9 Å². The van der Waals surface area contributed by atoms with E-state index in [1.807, 2.05) is 11.9 Å². The summed E-state index contributed by atoms with van der Waals surface area (Å²) in [6, 6.07) is 3.83. The summed E-state index contributed by atoms with van der Waals surface area (Å²) in [6.45, 7) is 3.02. The minimum Gasteiger partial charge on any atom is -0.370 e. The maximum absolute atomic E-state index is 14.5. The minimum atomic E-state index is -4.44.